The van der Waals surface area contributed by atoms with Crippen LogP contribution in [0.2, 0.25) is 0 Å². The smallest absolute Gasteiger partial charge is 0.264 e. The Kier molecular flexibility index (Phi) is 9.70. The Morgan fingerprint density at radius 2 is 1.11 bits per heavy atom. The Labute approximate surface area is 116 Å². The van der Waals surface area contributed by atoms with Crippen molar-refractivity contribution in [1.82, 2.24) is 0 Å². The van der Waals surface area contributed by atoms with Crippen molar-refractivity contribution in [3.8, 4) is 0 Å². The van der Waals surface area contributed by atoms with Crippen LogP contribution in [0, 0.1) is 0 Å². The van der Waals surface area contributed by atoms with Gasteiger partial charge in [0.15, 0.2) is 0 Å². The van der Waals surface area contributed by atoms with Crippen molar-refractivity contribution in [2.24, 2.45) is 0 Å². The van der Waals surface area contributed by atoms with Crippen molar-refractivity contribution in [3.05, 3.63) is 0 Å². The second kappa shape index (κ2) is 9.43. The normalized spacial score (nSPS) is 12.8. The largest absolute Gasteiger partial charge is 0.286 e. The molecule has 0 bridgehead atoms. The fraction of sp³-hybridized carbons (Fsp3) is 1.00. The molecule has 0 saturated carbocycles. The van der Waals surface area contributed by atoms with Crippen LogP contribution in [0.5, 0.6) is 0 Å². The van der Waals surface area contributed by atoms with Gasteiger partial charge in [-0.05, 0) is 19.3 Å². The van der Waals surface area contributed by atoms with Crippen LogP contribution in [0.15, 0.2) is 0 Å². The van der Waals surface area contributed by atoms with Crippen LogP contribution >= 0.6 is 21.6 Å². The molecule has 0 aliphatic rings. The standard InChI is InChI=1S/C8H18O6S4/c9-17(10,11)7-3-1-2-5-15-16-6-4-8-18(12,13)14/h1-8H2,(H,9,10,11)(H,12,13,14). The first-order chi connectivity index (χ1) is 8.21. The topological polar surface area (TPSA) is 109 Å². The maximum absolute atomic E-state index is 10.4. The fourth-order valence-electron chi connectivity index (χ4n) is 1.04. The van der Waals surface area contributed by atoms with E-state index < -0.39 is 20.2 Å². The molecular formula is C8H18O6S4. The third-order valence-corrected chi connectivity index (χ3v) is 6.03. The first kappa shape index (κ1) is 18.5. The summed E-state index contributed by atoms with van der Waals surface area (Å²) >= 11 is 0. The van der Waals surface area contributed by atoms with Crippen LogP contribution < -0.4 is 0 Å². The molecule has 0 spiro atoms. The van der Waals surface area contributed by atoms with E-state index in [1.807, 2.05) is 0 Å². The molecular weight excluding hydrogens is 320 g/mol. The summed E-state index contributed by atoms with van der Waals surface area (Å²) in [5.74, 6) is 1.09. The van der Waals surface area contributed by atoms with Crippen LogP contribution in [0.25, 0.3) is 0 Å². The highest BCUT2D eigenvalue weighted by atomic mass is 33.1. The SMILES string of the molecule is O=S(=O)(O)CCCCCSSCCCS(=O)(=O)O. The van der Waals surface area contributed by atoms with Gasteiger partial charge in [0.2, 0.25) is 0 Å². The van der Waals surface area contributed by atoms with Gasteiger partial charge in [0.25, 0.3) is 20.2 Å². The van der Waals surface area contributed by atoms with E-state index in [1.54, 1.807) is 10.8 Å². The predicted molar refractivity (Wildman–Crippen MR) is 76.2 cm³/mol. The number of hydrogen-bond acceptors (Lipinski definition) is 6. The highest BCUT2D eigenvalue weighted by Gasteiger charge is 2.04. The molecule has 18 heavy (non-hydrogen) atoms. The molecule has 0 unspecified atom stereocenters. The second-order valence-electron chi connectivity index (χ2n) is 3.63. The molecule has 0 atom stereocenters. The van der Waals surface area contributed by atoms with Gasteiger partial charge in [-0.15, -0.1) is 0 Å². The van der Waals surface area contributed by atoms with E-state index in [-0.39, 0.29) is 11.5 Å². The summed E-state index contributed by atoms with van der Waals surface area (Å²) in [5, 5.41) is 0. The Morgan fingerprint density at radius 3 is 1.61 bits per heavy atom. The molecule has 0 aromatic rings. The van der Waals surface area contributed by atoms with Crippen molar-refractivity contribution in [2.75, 3.05) is 23.0 Å². The molecule has 0 heterocycles. The molecule has 0 aromatic carbocycles. The minimum atomic E-state index is -3.85. The lowest BCUT2D eigenvalue weighted by Crippen LogP contribution is -2.04. The Balaban J connectivity index is 3.22. The van der Waals surface area contributed by atoms with Gasteiger partial charge in [0.1, 0.15) is 0 Å². The Morgan fingerprint density at radius 1 is 0.667 bits per heavy atom. The molecule has 0 amide bonds. The highest BCUT2D eigenvalue weighted by molar-refractivity contribution is 8.76. The minimum absolute atomic E-state index is 0.195. The molecule has 0 fully saturated rings. The second-order valence-corrected chi connectivity index (χ2v) is 9.48. The maximum Gasteiger partial charge on any atom is 0.264 e. The first-order valence-electron chi connectivity index (χ1n) is 5.35. The van der Waals surface area contributed by atoms with Gasteiger partial charge in [-0.1, -0.05) is 28.0 Å². The van der Waals surface area contributed by atoms with E-state index in [9.17, 15) is 16.8 Å². The van der Waals surface area contributed by atoms with E-state index in [0.717, 1.165) is 18.6 Å². The third kappa shape index (κ3) is 16.5. The summed E-state index contributed by atoms with van der Waals surface area (Å²) in [6.45, 7) is 0. The lowest BCUT2D eigenvalue weighted by molar-refractivity contribution is 0.478. The maximum atomic E-state index is 10.4. The molecule has 0 rings (SSSR count). The molecule has 0 saturated heterocycles. The average Bonchev–Trinajstić information content (AvgIpc) is 2.17. The molecule has 110 valence electrons. The van der Waals surface area contributed by atoms with Gasteiger partial charge >= 0.3 is 0 Å². The summed E-state index contributed by atoms with van der Waals surface area (Å²) in [7, 11) is -4.56. The van der Waals surface area contributed by atoms with Crippen molar-refractivity contribution in [1.29, 1.82) is 0 Å². The van der Waals surface area contributed by atoms with Crippen molar-refractivity contribution in [3.63, 3.8) is 0 Å². The number of unbranched alkanes of at least 4 members (excludes halogenated alkanes) is 2. The summed E-state index contributed by atoms with van der Waals surface area (Å²) in [6.07, 6.45) is 2.45. The lowest BCUT2D eigenvalue weighted by Gasteiger charge is -2.01. The van der Waals surface area contributed by atoms with Crippen LogP contribution in [-0.2, 0) is 20.2 Å². The molecule has 0 radical (unpaired) electrons. The van der Waals surface area contributed by atoms with E-state index in [2.05, 4.69) is 0 Å². The predicted octanol–water partition coefficient (Wildman–Crippen LogP) is 1.70. The van der Waals surface area contributed by atoms with Gasteiger partial charge in [-0.25, -0.2) is 0 Å². The molecule has 2 N–H and O–H groups in total. The summed E-state index contributed by atoms with van der Waals surface area (Å²) < 4.78 is 58.5. The van der Waals surface area contributed by atoms with Gasteiger partial charge < -0.3 is 0 Å². The van der Waals surface area contributed by atoms with Gasteiger partial charge in [-0.2, -0.15) is 16.8 Å². The van der Waals surface area contributed by atoms with E-state index in [0.29, 0.717) is 18.6 Å². The van der Waals surface area contributed by atoms with Crippen LogP contribution in [0.1, 0.15) is 25.7 Å². The van der Waals surface area contributed by atoms with Gasteiger partial charge in [0.05, 0.1) is 11.5 Å². The van der Waals surface area contributed by atoms with E-state index >= 15 is 0 Å². The first-order valence-corrected chi connectivity index (χ1v) is 11.1. The number of rotatable bonds is 11. The number of hydrogen-bond donors (Lipinski definition) is 2. The zero-order valence-corrected chi connectivity index (χ0v) is 13.1. The van der Waals surface area contributed by atoms with Crippen molar-refractivity contribution < 1.29 is 25.9 Å². The zero-order chi connectivity index (χ0) is 14.1. The summed E-state index contributed by atoms with van der Waals surface area (Å²) in [4.78, 5) is 0. The monoisotopic (exact) mass is 338 g/mol. The van der Waals surface area contributed by atoms with Crippen LogP contribution in [0.3, 0.4) is 0 Å². The van der Waals surface area contributed by atoms with Crippen molar-refractivity contribution in [2.45, 2.75) is 25.7 Å². The lowest BCUT2D eigenvalue weighted by atomic mass is 10.3. The zero-order valence-electron chi connectivity index (χ0n) is 9.82. The third-order valence-electron chi connectivity index (χ3n) is 1.84. The summed E-state index contributed by atoms with van der Waals surface area (Å²) in [5.41, 5.74) is 0. The molecule has 6 nitrogen and oxygen atoms in total. The molecule has 0 aliphatic heterocycles. The fourth-order valence-corrected chi connectivity index (χ4v) is 4.54. The summed E-state index contributed by atoms with van der Waals surface area (Å²) in [6, 6.07) is 0. The van der Waals surface area contributed by atoms with Gasteiger partial charge in [-0.3, -0.25) is 9.11 Å². The quantitative estimate of drug-likeness (QED) is 0.333. The van der Waals surface area contributed by atoms with E-state index in [1.165, 1.54) is 10.8 Å². The van der Waals surface area contributed by atoms with Gasteiger partial charge in [0, 0.05) is 11.5 Å². The molecule has 10 heteroatoms. The highest BCUT2D eigenvalue weighted by Crippen LogP contribution is 2.23. The molecule has 0 aliphatic carbocycles. The average molecular weight is 338 g/mol. The van der Waals surface area contributed by atoms with Crippen LogP contribution in [0.4, 0.5) is 0 Å². The Hall–Kier alpha value is 0.520. The molecule has 0 aromatic heterocycles. The Bertz CT molecular complexity index is 361. The van der Waals surface area contributed by atoms with Crippen LogP contribution in [-0.4, -0.2) is 49.0 Å². The minimum Gasteiger partial charge on any atom is -0.286 e. The van der Waals surface area contributed by atoms with E-state index in [4.69, 9.17) is 9.11 Å². The van der Waals surface area contributed by atoms with Crippen molar-refractivity contribution >= 4 is 41.8 Å².